The number of ether oxygens (including phenoxy) is 1. The molecule has 24 heavy (non-hydrogen) atoms. The lowest BCUT2D eigenvalue weighted by Gasteiger charge is -2.24. The monoisotopic (exact) mass is 330 g/mol. The Bertz CT molecular complexity index is 833. The maximum absolute atomic E-state index is 14.4. The standard InChI is InChI=1S/C18H19FN2O3/c1-18(2)9-21(12-7-5-4-6-11(12)20)16-13(24-3)8-10(19)14(15(16)18)17(22)23/h4-8H,9,20H2,1-3H3,(H,22,23). The Labute approximate surface area is 139 Å². The molecule has 0 aliphatic carbocycles. The quantitative estimate of drug-likeness (QED) is 0.842. The summed E-state index contributed by atoms with van der Waals surface area (Å²) in [5.74, 6) is -1.79. The van der Waals surface area contributed by atoms with Crippen molar-refractivity contribution in [3.63, 3.8) is 0 Å². The van der Waals surface area contributed by atoms with Crippen molar-refractivity contribution in [1.82, 2.24) is 0 Å². The number of carboxylic acids is 1. The number of benzene rings is 2. The SMILES string of the molecule is COc1cc(F)c(C(=O)O)c2c1N(c1ccccc1N)CC2(C)C. The van der Waals surface area contributed by atoms with Gasteiger partial charge in [-0.25, -0.2) is 9.18 Å². The van der Waals surface area contributed by atoms with Gasteiger partial charge in [0.25, 0.3) is 0 Å². The largest absolute Gasteiger partial charge is 0.494 e. The van der Waals surface area contributed by atoms with E-state index in [0.29, 0.717) is 29.2 Å². The number of halogens is 1. The molecular formula is C18H19FN2O3. The van der Waals surface area contributed by atoms with Gasteiger partial charge in [0.1, 0.15) is 17.1 Å². The zero-order valence-electron chi connectivity index (χ0n) is 13.8. The molecule has 0 unspecified atom stereocenters. The Morgan fingerprint density at radius 2 is 2.04 bits per heavy atom. The second-order valence-electron chi connectivity index (χ2n) is 6.49. The molecular weight excluding hydrogens is 311 g/mol. The minimum absolute atomic E-state index is 0.293. The number of anilines is 3. The average Bonchev–Trinajstić information content (AvgIpc) is 2.78. The van der Waals surface area contributed by atoms with E-state index in [1.54, 1.807) is 6.07 Å². The lowest BCUT2D eigenvalue weighted by atomic mass is 9.83. The lowest BCUT2D eigenvalue weighted by Crippen LogP contribution is -2.26. The van der Waals surface area contributed by atoms with Gasteiger partial charge in [-0.3, -0.25) is 0 Å². The van der Waals surface area contributed by atoms with Gasteiger partial charge < -0.3 is 20.5 Å². The van der Waals surface area contributed by atoms with Crippen LogP contribution in [0, 0.1) is 5.82 Å². The maximum Gasteiger partial charge on any atom is 0.339 e. The molecule has 0 fully saturated rings. The molecule has 0 bridgehead atoms. The third-order valence-electron chi connectivity index (χ3n) is 4.38. The number of fused-ring (bicyclic) bond motifs is 1. The predicted octanol–water partition coefficient (Wildman–Crippen LogP) is 3.54. The normalized spacial score (nSPS) is 15.2. The number of nitrogens with zero attached hydrogens (tertiary/aromatic N) is 1. The third kappa shape index (κ3) is 2.26. The van der Waals surface area contributed by atoms with E-state index in [1.807, 2.05) is 36.9 Å². The summed E-state index contributed by atoms with van der Waals surface area (Å²) < 4.78 is 19.7. The first-order chi connectivity index (χ1) is 11.3. The summed E-state index contributed by atoms with van der Waals surface area (Å²) in [4.78, 5) is 13.6. The highest BCUT2D eigenvalue weighted by Gasteiger charge is 2.43. The summed E-state index contributed by atoms with van der Waals surface area (Å²) >= 11 is 0. The van der Waals surface area contributed by atoms with Gasteiger partial charge in [0.15, 0.2) is 0 Å². The van der Waals surface area contributed by atoms with Gasteiger partial charge in [0.2, 0.25) is 0 Å². The van der Waals surface area contributed by atoms with Crippen LogP contribution in [-0.4, -0.2) is 24.7 Å². The molecule has 2 aromatic rings. The van der Waals surface area contributed by atoms with E-state index in [9.17, 15) is 14.3 Å². The van der Waals surface area contributed by atoms with Crippen molar-refractivity contribution in [3.05, 3.63) is 47.3 Å². The van der Waals surface area contributed by atoms with Crippen molar-refractivity contribution < 1.29 is 19.0 Å². The van der Waals surface area contributed by atoms with Crippen molar-refractivity contribution in [3.8, 4) is 5.75 Å². The molecule has 2 aromatic carbocycles. The van der Waals surface area contributed by atoms with Crippen molar-refractivity contribution in [2.75, 3.05) is 24.3 Å². The third-order valence-corrected chi connectivity index (χ3v) is 4.38. The van der Waals surface area contributed by atoms with Crippen LogP contribution in [0.1, 0.15) is 29.8 Å². The fourth-order valence-corrected chi connectivity index (χ4v) is 3.40. The number of hydrogen-bond acceptors (Lipinski definition) is 4. The molecule has 5 nitrogen and oxygen atoms in total. The van der Waals surface area contributed by atoms with E-state index >= 15 is 0 Å². The molecule has 1 aliphatic heterocycles. The summed E-state index contributed by atoms with van der Waals surface area (Å²) in [7, 11) is 1.44. The fourth-order valence-electron chi connectivity index (χ4n) is 3.40. The van der Waals surface area contributed by atoms with Crippen molar-refractivity contribution in [2.24, 2.45) is 0 Å². The number of para-hydroxylation sites is 2. The Kier molecular flexibility index (Phi) is 3.63. The molecule has 3 N–H and O–H groups in total. The first-order valence-corrected chi connectivity index (χ1v) is 7.54. The predicted molar refractivity (Wildman–Crippen MR) is 90.8 cm³/mol. The van der Waals surface area contributed by atoms with Crippen LogP contribution in [0.5, 0.6) is 5.75 Å². The van der Waals surface area contributed by atoms with Crippen LogP contribution in [0.2, 0.25) is 0 Å². The van der Waals surface area contributed by atoms with Crippen LogP contribution in [0.15, 0.2) is 30.3 Å². The van der Waals surface area contributed by atoms with Gasteiger partial charge in [0.05, 0.1) is 24.2 Å². The molecule has 0 aromatic heterocycles. The second kappa shape index (κ2) is 5.40. The second-order valence-corrected chi connectivity index (χ2v) is 6.49. The minimum Gasteiger partial charge on any atom is -0.494 e. The number of carbonyl (C=O) groups is 1. The van der Waals surface area contributed by atoms with E-state index in [4.69, 9.17) is 10.5 Å². The van der Waals surface area contributed by atoms with Gasteiger partial charge in [-0.1, -0.05) is 26.0 Å². The van der Waals surface area contributed by atoms with Crippen molar-refractivity contribution >= 4 is 23.0 Å². The van der Waals surface area contributed by atoms with Gasteiger partial charge in [-0.15, -0.1) is 0 Å². The molecule has 0 spiro atoms. The molecule has 6 heteroatoms. The maximum atomic E-state index is 14.4. The Hall–Kier alpha value is -2.76. The summed E-state index contributed by atoms with van der Waals surface area (Å²) in [6, 6.07) is 8.42. The topological polar surface area (TPSA) is 75.8 Å². The number of methoxy groups -OCH3 is 1. The highest BCUT2D eigenvalue weighted by atomic mass is 19.1. The van der Waals surface area contributed by atoms with E-state index in [2.05, 4.69) is 0 Å². The molecule has 1 aliphatic rings. The molecule has 0 radical (unpaired) electrons. The zero-order valence-corrected chi connectivity index (χ0v) is 13.8. The van der Waals surface area contributed by atoms with E-state index in [0.717, 1.165) is 11.8 Å². The number of hydrogen-bond donors (Lipinski definition) is 2. The number of aromatic carboxylic acids is 1. The minimum atomic E-state index is -1.29. The van der Waals surface area contributed by atoms with Crippen molar-refractivity contribution in [2.45, 2.75) is 19.3 Å². The number of nitrogens with two attached hydrogens (primary N) is 1. The van der Waals surface area contributed by atoms with Crippen LogP contribution in [0.3, 0.4) is 0 Å². The molecule has 1 heterocycles. The number of nitrogen functional groups attached to an aromatic ring is 1. The number of rotatable bonds is 3. The van der Waals surface area contributed by atoms with Crippen LogP contribution in [0.4, 0.5) is 21.5 Å². The first kappa shape index (κ1) is 16.1. The number of carboxylic acid groups (broad SMARTS) is 1. The fraction of sp³-hybridized carbons (Fsp3) is 0.278. The Balaban J connectivity index is 2.36. The summed E-state index contributed by atoms with van der Waals surface area (Å²) in [5.41, 5.74) is 7.48. The Morgan fingerprint density at radius 3 is 2.62 bits per heavy atom. The Morgan fingerprint density at radius 1 is 1.38 bits per heavy atom. The molecule has 3 rings (SSSR count). The highest BCUT2D eigenvalue weighted by molar-refractivity contribution is 5.96. The van der Waals surface area contributed by atoms with Gasteiger partial charge in [-0.2, -0.15) is 0 Å². The summed E-state index contributed by atoms with van der Waals surface area (Å²) in [6.07, 6.45) is 0. The van der Waals surface area contributed by atoms with Gasteiger partial charge in [-0.05, 0) is 12.1 Å². The molecule has 0 saturated carbocycles. The average molecular weight is 330 g/mol. The summed E-state index contributed by atoms with van der Waals surface area (Å²) in [5, 5.41) is 9.51. The first-order valence-electron chi connectivity index (χ1n) is 7.54. The van der Waals surface area contributed by atoms with E-state index < -0.39 is 17.2 Å². The molecule has 0 atom stereocenters. The van der Waals surface area contributed by atoms with Gasteiger partial charge >= 0.3 is 5.97 Å². The van der Waals surface area contributed by atoms with Crippen LogP contribution >= 0.6 is 0 Å². The van der Waals surface area contributed by atoms with Crippen LogP contribution < -0.4 is 15.4 Å². The zero-order chi connectivity index (χ0) is 17.6. The van der Waals surface area contributed by atoms with Gasteiger partial charge in [0, 0.05) is 23.6 Å². The van der Waals surface area contributed by atoms with E-state index in [-0.39, 0.29) is 5.56 Å². The molecule has 0 amide bonds. The summed E-state index contributed by atoms with van der Waals surface area (Å²) in [6.45, 7) is 4.24. The highest BCUT2D eigenvalue weighted by Crippen LogP contribution is 2.52. The lowest BCUT2D eigenvalue weighted by molar-refractivity contribution is 0.0689. The smallest absolute Gasteiger partial charge is 0.339 e. The van der Waals surface area contributed by atoms with Crippen LogP contribution in [0.25, 0.3) is 0 Å². The van der Waals surface area contributed by atoms with Crippen LogP contribution in [-0.2, 0) is 5.41 Å². The molecule has 0 saturated heterocycles. The van der Waals surface area contributed by atoms with Crippen molar-refractivity contribution in [1.29, 1.82) is 0 Å². The van der Waals surface area contributed by atoms with E-state index in [1.165, 1.54) is 7.11 Å². The molecule has 126 valence electrons.